The number of Topliss-reactive ketones (excluding diaryl/α,β-unsaturated/α-hetero) is 1. The molecule has 0 unspecified atom stereocenters. The second kappa shape index (κ2) is 7.11. The van der Waals surface area contributed by atoms with E-state index in [1.165, 1.54) is 12.1 Å². The van der Waals surface area contributed by atoms with Crippen molar-refractivity contribution in [3.8, 4) is 0 Å². The third-order valence-electron chi connectivity index (χ3n) is 2.26. The molecular formula is C13H14ClFO3. The molecule has 0 radical (unpaired) electrons. The average Bonchev–Trinajstić information content (AvgIpc) is 2.33. The predicted octanol–water partition coefficient (Wildman–Crippen LogP) is 3.40. The van der Waals surface area contributed by atoms with Gasteiger partial charge in [0.25, 0.3) is 0 Å². The lowest BCUT2D eigenvalue weighted by Crippen LogP contribution is -2.10. The van der Waals surface area contributed by atoms with E-state index in [1.54, 1.807) is 0 Å². The van der Waals surface area contributed by atoms with Crippen LogP contribution in [-0.2, 0) is 9.53 Å². The molecule has 0 amide bonds. The van der Waals surface area contributed by atoms with Gasteiger partial charge < -0.3 is 4.74 Å². The molecule has 0 aromatic heterocycles. The van der Waals surface area contributed by atoms with Crippen molar-refractivity contribution in [1.29, 1.82) is 0 Å². The summed E-state index contributed by atoms with van der Waals surface area (Å²) < 4.78 is 18.2. The summed E-state index contributed by atoms with van der Waals surface area (Å²) in [5.74, 6) is -1.63. The van der Waals surface area contributed by atoms with Crippen LogP contribution in [0.4, 0.5) is 4.39 Å². The first-order valence-corrected chi connectivity index (χ1v) is 6.07. The molecule has 1 rings (SSSR count). The van der Waals surface area contributed by atoms with E-state index in [2.05, 4.69) is 0 Å². The summed E-state index contributed by atoms with van der Waals surface area (Å²) in [5, 5.41) is 0.0573. The van der Waals surface area contributed by atoms with Gasteiger partial charge in [-0.3, -0.25) is 9.59 Å². The first kappa shape index (κ1) is 14.6. The summed E-state index contributed by atoms with van der Waals surface area (Å²) in [4.78, 5) is 22.9. The van der Waals surface area contributed by atoms with E-state index in [-0.39, 0.29) is 23.4 Å². The molecule has 0 heterocycles. The maximum absolute atomic E-state index is 13.4. The molecular weight excluding hydrogens is 259 g/mol. The van der Waals surface area contributed by atoms with Crippen molar-refractivity contribution < 1.29 is 18.7 Å². The number of carbonyl (C=O) groups is 2. The smallest absolute Gasteiger partial charge is 0.306 e. The fourth-order valence-electron chi connectivity index (χ4n) is 1.39. The Bertz CT molecular complexity index is 426. The molecule has 5 heteroatoms. The highest BCUT2D eigenvalue weighted by Gasteiger charge is 2.17. The molecule has 0 atom stereocenters. The molecule has 0 aliphatic carbocycles. The first-order chi connectivity index (χ1) is 8.56. The van der Waals surface area contributed by atoms with E-state index < -0.39 is 17.6 Å². The Morgan fingerprint density at radius 1 is 1.33 bits per heavy atom. The molecule has 0 bridgehead atoms. The minimum Gasteiger partial charge on any atom is -0.466 e. The maximum atomic E-state index is 13.4. The molecule has 98 valence electrons. The molecule has 0 saturated heterocycles. The maximum Gasteiger partial charge on any atom is 0.306 e. The highest BCUT2D eigenvalue weighted by molar-refractivity contribution is 6.34. The number of benzene rings is 1. The third-order valence-corrected chi connectivity index (χ3v) is 2.58. The van der Waals surface area contributed by atoms with Gasteiger partial charge in [0.15, 0.2) is 5.78 Å². The lowest BCUT2D eigenvalue weighted by Gasteiger charge is -2.05. The van der Waals surface area contributed by atoms with E-state index in [1.807, 2.05) is 6.92 Å². The lowest BCUT2D eigenvalue weighted by molar-refractivity contribution is -0.143. The fraction of sp³-hybridized carbons (Fsp3) is 0.385. The van der Waals surface area contributed by atoms with Gasteiger partial charge in [0.05, 0.1) is 23.6 Å². The van der Waals surface area contributed by atoms with Crippen LogP contribution >= 0.6 is 11.6 Å². The number of carbonyl (C=O) groups excluding carboxylic acids is 2. The van der Waals surface area contributed by atoms with Gasteiger partial charge in [-0.15, -0.1) is 0 Å². The van der Waals surface area contributed by atoms with Crippen LogP contribution in [0.15, 0.2) is 18.2 Å². The average molecular weight is 273 g/mol. The van der Waals surface area contributed by atoms with Gasteiger partial charge in [0.2, 0.25) is 0 Å². The van der Waals surface area contributed by atoms with Gasteiger partial charge >= 0.3 is 5.97 Å². The molecule has 0 aliphatic rings. The topological polar surface area (TPSA) is 43.4 Å². The zero-order valence-corrected chi connectivity index (χ0v) is 10.8. The monoisotopic (exact) mass is 272 g/mol. The second-order valence-corrected chi connectivity index (χ2v) is 4.15. The number of ketones is 1. The minimum atomic E-state index is -0.672. The minimum absolute atomic E-state index is 0.0573. The van der Waals surface area contributed by atoms with Gasteiger partial charge in [0.1, 0.15) is 5.82 Å². The predicted molar refractivity (Wildman–Crippen MR) is 66.2 cm³/mol. The molecule has 0 aliphatic heterocycles. The summed E-state index contributed by atoms with van der Waals surface area (Å²) in [6.45, 7) is 2.20. The zero-order chi connectivity index (χ0) is 13.5. The molecule has 1 aromatic rings. The normalized spacial score (nSPS) is 10.2. The van der Waals surface area contributed by atoms with Crippen LogP contribution in [0.5, 0.6) is 0 Å². The van der Waals surface area contributed by atoms with Gasteiger partial charge in [-0.05, 0) is 18.6 Å². The summed E-state index contributed by atoms with van der Waals surface area (Å²) in [6.07, 6.45) is 0.547. The number of hydrogen-bond donors (Lipinski definition) is 0. The highest BCUT2D eigenvalue weighted by Crippen LogP contribution is 2.21. The molecule has 0 saturated carbocycles. The molecule has 1 aromatic carbocycles. The van der Waals surface area contributed by atoms with Crippen molar-refractivity contribution in [3.63, 3.8) is 0 Å². The molecule has 0 fully saturated rings. The Morgan fingerprint density at radius 2 is 2.06 bits per heavy atom. The van der Waals surface area contributed by atoms with E-state index in [0.29, 0.717) is 6.61 Å². The number of halogens is 2. The van der Waals surface area contributed by atoms with E-state index >= 15 is 0 Å². The Morgan fingerprint density at radius 3 is 2.67 bits per heavy atom. The van der Waals surface area contributed by atoms with Gasteiger partial charge in [-0.25, -0.2) is 4.39 Å². The van der Waals surface area contributed by atoms with Crippen LogP contribution in [0, 0.1) is 5.82 Å². The van der Waals surface area contributed by atoms with Gasteiger partial charge in [-0.1, -0.05) is 24.6 Å². The van der Waals surface area contributed by atoms with Gasteiger partial charge in [0, 0.05) is 6.42 Å². The summed E-state index contributed by atoms with van der Waals surface area (Å²) in [5.41, 5.74) is -0.164. The number of ether oxygens (including phenoxy) is 1. The number of esters is 1. The Kier molecular flexibility index (Phi) is 5.78. The zero-order valence-electron chi connectivity index (χ0n) is 10.0. The van der Waals surface area contributed by atoms with Crippen molar-refractivity contribution >= 4 is 23.4 Å². The van der Waals surface area contributed by atoms with Crippen LogP contribution < -0.4 is 0 Å². The van der Waals surface area contributed by atoms with E-state index in [9.17, 15) is 14.0 Å². The Hall–Kier alpha value is -1.42. The first-order valence-electron chi connectivity index (χ1n) is 5.69. The molecule has 0 spiro atoms. The third kappa shape index (κ3) is 4.11. The van der Waals surface area contributed by atoms with E-state index in [4.69, 9.17) is 16.3 Å². The van der Waals surface area contributed by atoms with Crippen LogP contribution in [0.2, 0.25) is 5.02 Å². The van der Waals surface area contributed by atoms with Crippen molar-refractivity contribution in [2.75, 3.05) is 6.61 Å². The van der Waals surface area contributed by atoms with Crippen LogP contribution in [0.1, 0.15) is 36.5 Å². The fourth-order valence-corrected chi connectivity index (χ4v) is 1.66. The van der Waals surface area contributed by atoms with Crippen LogP contribution in [0.25, 0.3) is 0 Å². The second-order valence-electron chi connectivity index (χ2n) is 3.74. The number of hydrogen-bond acceptors (Lipinski definition) is 3. The summed E-state index contributed by atoms with van der Waals surface area (Å²) >= 11 is 5.75. The molecule has 18 heavy (non-hydrogen) atoms. The van der Waals surface area contributed by atoms with Crippen LogP contribution in [0.3, 0.4) is 0 Å². The van der Waals surface area contributed by atoms with Crippen LogP contribution in [-0.4, -0.2) is 18.4 Å². The van der Waals surface area contributed by atoms with E-state index in [0.717, 1.165) is 12.5 Å². The Balaban J connectivity index is 2.58. The number of rotatable bonds is 6. The SMILES string of the molecule is CCCOC(=O)CCC(=O)c1c(F)cccc1Cl. The van der Waals surface area contributed by atoms with Gasteiger partial charge in [-0.2, -0.15) is 0 Å². The quantitative estimate of drug-likeness (QED) is 0.589. The summed E-state index contributed by atoms with van der Waals surface area (Å²) in [6, 6.07) is 4.02. The highest BCUT2D eigenvalue weighted by atomic mass is 35.5. The lowest BCUT2D eigenvalue weighted by atomic mass is 10.1. The Labute approximate surface area is 110 Å². The van der Waals surface area contributed by atoms with Crippen molar-refractivity contribution in [3.05, 3.63) is 34.6 Å². The van der Waals surface area contributed by atoms with Crippen molar-refractivity contribution in [2.24, 2.45) is 0 Å². The van der Waals surface area contributed by atoms with Crippen molar-refractivity contribution in [2.45, 2.75) is 26.2 Å². The molecule has 3 nitrogen and oxygen atoms in total. The molecule has 0 N–H and O–H groups in total. The standard InChI is InChI=1S/C13H14ClFO3/c1-2-8-18-12(17)7-6-11(16)13-9(14)4-3-5-10(13)15/h3-5H,2,6-8H2,1H3. The summed E-state index contributed by atoms with van der Waals surface area (Å²) in [7, 11) is 0. The van der Waals surface area contributed by atoms with Crippen molar-refractivity contribution in [1.82, 2.24) is 0 Å². The largest absolute Gasteiger partial charge is 0.466 e.